The number of nitrogens with zero attached hydrogens (tertiary/aromatic N) is 1. The number of hydrogen-bond acceptors (Lipinski definition) is 6. The van der Waals surface area contributed by atoms with Gasteiger partial charge in [-0.2, -0.15) is 0 Å². The molecule has 0 radical (unpaired) electrons. The minimum atomic E-state index is -0.747. The second-order valence-corrected chi connectivity index (χ2v) is 6.36. The maximum Gasteiger partial charge on any atom is 0.224 e. The van der Waals surface area contributed by atoms with Gasteiger partial charge in [-0.1, -0.05) is 13.3 Å². The zero-order chi connectivity index (χ0) is 19.9. The molecule has 0 saturated heterocycles. The van der Waals surface area contributed by atoms with E-state index in [1.54, 1.807) is 7.11 Å². The van der Waals surface area contributed by atoms with Crippen LogP contribution in [-0.2, 0) is 0 Å². The Morgan fingerprint density at radius 3 is 2.25 bits per heavy atom. The van der Waals surface area contributed by atoms with Crippen LogP contribution in [0.2, 0.25) is 0 Å². The molecule has 0 amide bonds. The average Bonchev–Trinajstić information content (AvgIpc) is 3.18. The number of benzene rings is 2. The van der Waals surface area contributed by atoms with Gasteiger partial charge in [0, 0.05) is 11.1 Å². The monoisotopic (exact) mass is 383 g/mol. The lowest BCUT2D eigenvalue weighted by atomic mass is 10.1. The number of hydrogen-bond donors (Lipinski definition) is 2. The van der Waals surface area contributed by atoms with E-state index in [0.29, 0.717) is 29.5 Å². The van der Waals surface area contributed by atoms with Crippen molar-refractivity contribution in [3.8, 4) is 34.1 Å². The van der Waals surface area contributed by atoms with Crippen molar-refractivity contribution in [1.82, 2.24) is 4.98 Å². The highest BCUT2D eigenvalue weighted by Gasteiger charge is 2.21. The molecule has 6 heteroatoms. The van der Waals surface area contributed by atoms with Gasteiger partial charge in [-0.15, -0.1) is 0 Å². The summed E-state index contributed by atoms with van der Waals surface area (Å²) in [6.07, 6.45) is 0.659. The molecule has 0 aliphatic rings. The summed E-state index contributed by atoms with van der Waals surface area (Å²) in [5, 5.41) is 19.2. The predicted molar refractivity (Wildman–Crippen MR) is 106 cm³/mol. The summed E-state index contributed by atoms with van der Waals surface area (Å²) < 4.78 is 16.6. The highest BCUT2D eigenvalue weighted by atomic mass is 16.5. The fraction of sp³-hybridized carbons (Fsp3) is 0.318. The van der Waals surface area contributed by atoms with Crippen molar-refractivity contribution in [2.45, 2.75) is 25.9 Å². The Labute approximate surface area is 164 Å². The first kappa shape index (κ1) is 19.9. The molecule has 0 bridgehead atoms. The van der Waals surface area contributed by atoms with Crippen molar-refractivity contribution >= 4 is 0 Å². The highest BCUT2D eigenvalue weighted by molar-refractivity contribution is 5.77. The molecule has 148 valence electrons. The van der Waals surface area contributed by atoms with Crippen LogP contribution < -0.4 is 9.47 Å². The molecule has 0 aliphatic carbocycles. The number of aliphatic hydroxyl groups excluding tert-OH is 2. The number of aromatic nitrogens is 1. The Morgan fingerprint density at radius 1 is 1.00 bits per heavy atom. The number of methoxy groups -OCH3 is 1. The predicted octanol–water partition coefficient (Wildman–Crippen LogP) is 4.22. The second kappa shape index (κ2) is 9.39. The fourth-order valence-electron chi connectivity index (χ4n) is 2.88. The second-order valence-electron chi connectivity index (χ2n) is 6.36. The lowest BCUT2D eigenvalue weighted by Crippen LogP contribution is -2.01. The molecule has 28 heavy (non-hydrogen) atoms. The van der Waals surface area contributed by atoms with Crippen LogP contribution in [0.3, 0.4) is 0 Å². The van der Waals surface area contributed by atoms with Gasteiger partial charge >= 0.3 is 0 Å². The molecule has 1 heterocycles. The fourth-order valence-corrected chi connectivity index (χ4v) is 2.88. The zero-order valence-corrected chi connectivity index (χ0v) is 16.1. The Kier molecular flexibility index (Phi) is 6.68. The molecule has 1 atom stereocenters. The molecule has 6 nitrogen and oxygen atoms in total. The van der Waals surface area contributed by atoms with Gasteiger partial charge in [-0.25, -0.2) is 4.98 Å². The third-order valence-corrected chi connectivity index (χ3v) is 4.33. The summed E-state index contributed by atoms with van der Waals surface area (Å²) in [7, 11) is 1.62. The Balaban J connectivity index is 1.99. The smallest absolute Gasteiger partial charge is 0.224 e. The van der Waals surface area contributed by atoms with E-state index in [-0.39, 0.29) is 13.2 Å². The maximum absolute atomic E-state index is 10.4. The average molecular weight is 383 g/mol. The van der Waals surface area contributed by atoms with Crippen LogP contribution >= 0.6 is 0 Å². The van der Waals surface area contributed by atoms with Crippen LogP contribution in [0.4, 0.5) is 0 Å². The lowest BCUT2D eigenvalue weighted by Gasteiger charge is -2.06. The summed E-state index contributed by atoms with van der Waals surface area (Å²) in [5.74, 6) is 2.31. The molecule has 2 aromatic carbocycles. The number of ether oxygens (including phenoxy) is 2. The van der Waals surface area contributed by atoms with Crippen molar-refractivity contribution in [3.63, 3.8) is 0 Å². The summed E-state index contributed by atoms with van der Waals surface area (Å²) in [5.41, 5.74) is 2.36. The highest BCUT2D eigenvalue weighted by Crippen LogP contribution is 2.36. The van der Waals surface area contributed by atoms with Crippen LogP contribution in [0.5, 0.6) is 11.5 Å². The third kappa shape index (κ3) is 4.52. The first-order valence-corrected chi connectivity index (χ1v) is 9.33. The van der Waals surface area contributed by atoms with Gasteiger partial charge in [0.05, 0.1) is 13.7 Å². The van der Waals surface area contributed by atoms with Crippen molar-refractivity contribution in [3.05, 3.63) is 54.4 Å². The topological polar surface area (TPSA) is 85.0 Å². The molecule has 1 unspecified atom stereocenters. The lowest BCUT2D eigenvalue weighted by molar-refractivity contribution is 0.134. The number of oxazole rings is 1. The van der Waals surface area contributed by atoms with E-state index in [1.165, 1.54) is 0 Å². The van der Waals surface area contributed by atoms with E-state index in [9.17, 15) is 5.11 Å². The molecule has 3 rings (SSSR count). The van der Waals surface area contributed by atoms with E-state index in [0.717, 1.165) is 23.3 Å². The van der Waals surface area contributed by atoms with Crippen molar-refractivity contribution < 1.29 is 24.1 Å². The normalized spacial score (nSPS) is 12.0. The Morgan fingerprint density at radius 2 is 1.64 bits per heavy atom. The number of rotatable bonds is 9. The largest absolute Gasteiger partial charge is 0.497 e. The standard InChI is InChI=1S/C22H25NO5/c1-3-4-19(25)22-23-20(15-5-9-17(26-2)10-6-15)21(28-22)16-7-11-18(12-8-16)27-14-13-24/h5-12,19,24-25H,3-4,13-14H2,1-2H3. The molecule has 3 aromatic rings. The van der Waals surface area contributed by atoms with Gasteiger partial charge < -0.3 is 24.1 Å². The molecule has 1 aromatic heterocycles. The summed E-state index contributed by atoms with van der Waals surface area (Å²) >= 11 is 0. The summed E-state index contributed by atoms with van der Waals surface area (Å²) in [4.78, 5) is 4.58. The minimum Gasteiger partial charge on any atom is -0.497 e. The van der Waals surface area contributed by atoms with Crippen LogP contribution in [0.1, 0.15) is 31.8 Å². The van der Waals surface area contributed by atoms with Crippen LogP contribution in [0.15, 0.2) is 52.9 Å². The maximum atomic E-state index is 10.4. The molecule has 2 N–H and O–H groups in total. The van der Waals surface area contributed by atoms with Gasteiger partial charge in [-0.3, -0.25) is 0 Å². The Bertz CT molecular complexity index is 871. The first-order chi connectivity index (χ1) is 13.7. The first-order valence-electron chi connectivity index (χ1n) is 9.33. The zero-order valence-electron chi connectivity index (χ0n) is 16.1. The van der Waals surface area contributed by atoms with E-state index in [2.05, 4.69) is 4.98 Å². The van der Waals surface area contributed by atoms with Gasteiger partial charge in [0.15, 0.2) is 5.76 Å². The van der Waals surface area contributed by atoms with Gasteiger partial charge in [0.25, 0.3) is 0 Å². The SMILES string of the molecule is CCCC(O)c1nc(-c2ccc(OC)cc2)c(-c2ccc(OCCO)cc2)o1. The van der Waals surface area contributed by atoms with Crippen molar-refractivity contribution in [1.29, 1.82) is 0 Å². The van der Waals surface area contributed by atoms with E-state index >= 15 is 0 Å². The van der Waals surface area contributed by atoms with Crippen LogP contribution in [0.25, 0.3) is 22.6 Å². The molecular formula is C22H25NO5. The third-order valence-electron chi connectivity index (χ3n) is 4.33. The van der Waals surface area contributed by atoms with E-state index in [1.807, 2.05) is 55.5 Å². The van der Waals surface area contributed by atoms with Gasteiger partial charge in [0.2, 0.25) is 5.89 Å². The van der Waals surface area contributed by atoms with E-state index in [4.69, 9.17) is 19.0 Å². The van der Waals surface area contributed by atoms with Crippen molar-refractivity contribution in [2.75, 3.05) is 20.3 Å². The van der Waals surface area contributed by atoms with E-state index < -0.39 is 6.10 Å². The molecular weight excluding hydrogens is 358 g/mol. The van der Waals surface area contributed by atoms with Crippen LogP contribution in [-0.4, -0.2) is 35.5 Å². The van der Waals surface area contributed by atoms with Crippen molar-refractivity contribution in [2.24, 2.45) is 0 Å². The quantitative estimate of drug-likeness (QED) is 0.575. The molecule has 0 aliphatic heterocycles. The molecule has 0 saturated carbocycles. The van der Waals surface area contributed by atoms with Gasteiger partial charge in [-0.05, 0) is 55.0 Å². The molecule has 0 spiro atoms. The molecule has 0 fully saturated rings. The summed E-state index contributed by atoms with van der Waals surface area (Å²) in [6.45, 7) is 2.21. The van der Waals surface area contributed by atoms with Crippen LogP contribution in [0, 0.1) is 0 Å². The van der Waals surface area contributed by atoms with Gasteiger partial charge in [0.1, 0.15) is 29.9 Å². The minimum absolute atomic E-state index is 0.0375. The summed E-state index contributed by atoms with van der Waals surface area (Å²) in [6, 6.07) is 14.9. The Hall–Kier alpha value is -2.83. The number of aliphatic hydroxyl groups is 2.